The van der Waals surface area contributed by atoms with E-state index in [-0.39, 0.29) is 18.2 Å². The van der Waals surface area contributed by atoms with Crippen molar-refractivity contribution >= 4 is 23.2 Å². The third-order valence-corrected chi connectivity index (χ3v) is 5.46. The van der Waals surface area contributed by atoms with E-state index in [2.05, 4.69) is 16.4 Å². The number of hydrogen-bond acceptors (Lipinski definition) is 4. The van der Waals surface area contributed by atoms with Gasteiger partial charge in [-0.15, -0.1) is 0 Å². The number of anilines is 2. The molecule has 1 aliphatic heterocycles. The molecule has 6 nitrogen and oxygen atoms in total. The zero-order chi connectivity index (χ0) is 21.9. The molecule has 0 saturated heterocycles. The monoisotopic (exact) mass is 423 g/mol. The van der Waals surface area contributed by atoms with Gasteiger partial charge in [0.2, 0.25) is 11.8 Å². The summed E-state index contributed by atoms with van der Waals surface area (Å²) in [5, 5.41) is 2.85. The second-order valence-corrected chi connectivity index (χ2v) is 7.65. The maximum Gasteiger partial charge on any atom is 0.258 e. The van der Waals surface area contributed by atoms with Gasteiger partial charge in [-0.2, -0.15) is 0 Å². The topological polar surface area (TPSA) is 75.4 Å². The van der Waals surface area contributed by atoms with E-state index in [1.165, 1.54) is 11.8 Å². The summed E-state index contributed by atoms with van der Waals surface area (Å²) in [6, 6.07) is 24.5. The zero-order valence-electron chi connectivity index (χ0n) is 17.3. The number of hydrogen-bond donors (Lipinski definition) is 1. The number of fused-ring (bicyclic) bond motifs is 1. The van der Waals surface area contributed by atoms with E-state index in [9.17, 15) is 9.59 Å². The van der Waals surface area contributed by atoms with Crippen LogP contribution in [0.15, 0.2) is 89.5 Å². The van der Waals surface area contributed by atoms with Crippen molar-refractivity contribution < 1.29 is 14.0 Å². The third kappa shape index (κ3) is 4.03. The third-order valence-electron chi connectivity index (χ3n) is 5.46. The van der Waals surface area contributed by atoms with Crippen molar-refractivity contribution in [1.29, 1.82) is 0 Å². The van der Waals surface area contributed by atoms with E-state index in [0.717, 1.165) is 17.7 Å². The highest BCUT2D eigenvalue weighted by atomic mass is 16.3. The van der Waals surface area contributed by atoms with Crippen molar-refractivity contribution in [1.82, 2.24) is 4.98 Å². The maximum atomic E-state index is 12.9. The van der Waals surface area contributed by atoms with Crippen LogP contribution in [0, 0.1) is 0 Å². The molecule has 0 bridgehead atoms. The van der Waals surface area contributed by atoms with Crippen LogP contribution in [0.25, 0.3) is 11.5 Å². The number of carbonyl (C=O) groups is 2. The molecule has 32 heavy (non-hydrogen) atoms. The first-order chi connectivity index (χ1) is 15.7. The number of benzene rings is 3. The second-order valence-electron chi connectivity index (χ2n) is 7.65. The molecule has 0 saturated carbocycles. The van der Waals surface area contributed by atoms with E-state index in [0.29, 0.717) is 29.4 Å². The molecular formula is C26H21N3O3. The highest BCUT2D eigenvalue weighted by molar-refractivity contribution is 6.07. The SMILES string of the molecule is O=C(Cc1coc(-c2ccccc2)n1)Nc1ccc(C(=O)N2CCc3ccccc32)cc1. The fraction of sp³-hybridized carbons (Fsp3) is 0.115. The van der Waals surface area contributed by atoms with E-state index in [1.807, 2.05) is 48.5 Å². The van der Waals surface area contributed by atoms with Gasteiger partial charge in [-0.05, 0) is 54.4 Å². The predicted octanol–water partition coefficient (Wildman–Crippen LogP) is 4.73. The number of rotatable bonds is 5. The number of nitrogens with one attached hydrogen (secondary N) is 1. The number of oxazole rings is 1. The molecule has 2 amide bonds. The van der Waals surface area contributed by atoms with Crippen LogP contribution in [-0.2, 0) is 17.6 Å². The van der Waals surface area contributed by atoms with Gasteiger partial charge in [0.25, 0.3) is 5.91 Å². The van der Waals surface area contributed by atoms with E-state index in [4.69, 9.17) is 4.42 Å². The molecule has 0 atom stereocenters. The summed E-state index contributed by atoms with van der Waals surface area (Å²) in [4.78, 5) is 31.5. The average Bonchev–Trinajstić information content (AvgIpc) is 3.47. The van der Waals surface area contributed by atoms with Crippen LogP contribution in [-0.4, -0.2) is 23.3 Å². The van der Waals surface area contributed by atoms with Crippen LogP contribution in [0.2, 0.25) is 0 Å². The van der Waals surface area contributed by atoms with Crippen LogP contribution < -0.4 is 10.2 Å². The van der Waals surface area contributed by atoms with Gasteiger partial charge in [0.05, 0.1) is 12.1 Å². The summed E-state index contributed by atoms with van der Waals surface area (Å²) < 4.78 is 5.48. The summed E-state index contributed by atoms with van der Waals surface area (Å²) in [5.41, 5.74) is 4.79. The molecular weight excluding hydrogens is 402 g/mol. The molecule has 0 aliphatic carbocycles. The number of para-hydroxylation sites is 1. The van der Waals surface area contributed by atoms with Gasteiger partial charge in [0.15, 0.2) is 0 Å². The molecule has 3 aromatic carbocycles. The molecule has 0 fully saturated rings. The van der Waals surface area contributed by atoms with E-state index >= 15 is 0 Å². The Labute approximate surface area is 185 Å². The molecule has 158 valence electrons. The molecule has 0 unspecified atom stereocenters. The maximum absolute atomic E-state index is 12.9. The van der Waals surface area contributed by atoms with Gasteiger partial charge >= 0.3 is 0 Å². The van der Waals surface area contributed by atoms with E-state index in [1.54, 1.807) is 29.2 Å². The van der Waals surface area contributed by atoms with Crippen molar-refractivity contribution in [3.05, 3.63) is 102 Å². The largest absolute Gasteiger partial charge is 0.444 e. The highest BCUT2D eigenvalue weighted by Crippen LogP contribution is 2.29. The Bertz CT molecular complexity index is 1260. The number of aromatic nitrogens is 1. The van der Waals surface area contributed by atoms with Gasteiger partial charge in [0.1, 0.15) is 6.26 Å². The van der Waals surface area contributed by atoms with Crippen molar-refractivity contribution in [2.24, 2.45) is 0 Å². The fourth-order valence-corrected chi connectivity index (χ4v) is 3.87. The Kier molecular flexibility index (Phi) is 5.25. The summed E-state index contributed by atoms with van der Waals surface area (Å²) in [5.74, 6) is 0.245. The number of carbonyl (C=O) groups excluding carboxylic acids is 2. The number of amides is 2. The van der Waals surface area contributed by atoms with Crippen molar-refractivity contribution in [2.45, 2.75) is 12.8 Å². The summed E-state index contributed by atoms with van der Waals surface area (Å²) in [6.07, 6.45) is 2.46. The average molecular weight is 423 g/mol. The van der Waals surface area contributed by atoms with Crippen LogP contribution >= 0.6 is 0 Å². The quantitative estimate of drug-likeness (QED) is 0.504. The minimum atomic E-state index is -0.203. The minimum absolute atomic E-state index is 0.0381. The lowest BCUT2D eigenvalue weighted by molar-refractivity contribution is -0.115. The molecule has 5 rings (SSSR count). The lowest BCUT2D eigenvalue weighted by Gasteiger charge is -2.17. The second kappa shape index (κ2) is 8.51. The summed E-state index contributed by atoms with van der Waals surface area (Å²) >= 11 is 0. The van der Waals surface area contributed by atoms with Crippen molar-refractivity contribution in [3.63, 3.8) is 0 Å². The van der Waals surface area contributed by atoms with Gasteiger partial charge in [-0.3, -0.25) is 9.59 Å². The molecule has 0 spiro atoms. The predicted molar refractivity (Wildman–Crippen MR) is 123 cm³/mol. The summed E-state index contributed by atoms with van der Waals surface area (Å²) in [7, 11) is 0. The first kappa shape index (κ1) is 19.8. The Morgan fingerprint density at radius 3 is 2.50 bits per heavy atom. The van der Waals surface area contributed by atoms with Crippen molar-refractivity contribution in [2.75, 3.05) is 16.8 Å². The molecule has 1 aliphatic rings. The van der Waals surface area contributed by atoms with Crippen LogP contribution in [0.4, 0.5) is 11.4 Å². The molecule has 2 heterocycles. The van der Waals surface area contributed by atoms with Gasteiger partial charge < -0.3 is 14.6 Å². The van der Waals surface area contributed by atoms with E-state index < -0.39 is 0 Å². The molecule has 1 N–H and O–H groups in total. The first-order valence-corrected chi connectivity index (χ1v) is 10.5. The molecule has 4 aromatic rings. The summed E-state index contributed by atoms with van der Waals surface area (Å²) in [6.45, 7) is 0.680. The van der Waals surface area contributed by atoms with Crippen molar-refractivity contribution in [3.8, 4) is 11.5 Å². The Hall–Kier alpha value is -4.19. The Balaban J connectivity index is 1.21. The lowest BCUT2D eigenvalue weighted by atomic mass is 10.1. The minimum Gasteiger partial charge on any atom is -0.444 e. The van der Waals surface area contributed by atoms with Crippen LogP contribution in [0.3, 0.4) is 0 Å². The van der Waals surface area contributed by atoms with Gasteiger partial charge in [-0.1, -0.05) is 36.4 Å². The highest BCUT2D eigenvalue weighted by Gasteiger charge is 2.25. The molecule has 0 radical (unpaired) electrons. The molecule has 1 aromatic heterocycles. The Morgan fingerprint density at radius 2 is 1.69 bits per heavy atom. The van der Waals surface area contributed by atoms with Crippen LogP contribution in [0.5, 0.6) is 0 Å². The smallest absolute Gasteiger partial charge is 0.258 e. The fourth-order valence-electron chi connectivity index (χ4n) is 3.87. The van der Waals surface area contributed by atoms with Gasteiger partial charge in [-0.25, -0.2) is 4.98 Å². The standard InChI is InChI=1S/C26H21N3O3/c30-24(16-22-17-32-25(28-22)19-7-2-1-3-8-19)27-21-12-10-20(11-13-21)26(31)29-15-14-18-6-4-5-9-23(18)29/h1-13,17H,14-16H2,(H,27,30). The lowest BCUT2D eigenvalue weighted by Crippen LogP contribution is -2.28. The molecule has 6 heteroatoms. The van der Waals surface area contributed by atoms with Gasteiger partial charge in [0, 0.05) is 29.0 Å². The normalized spacial score (nSPS) is 12.4. The number of nitrogens with zero attached hydrogens (tertiary/aromatic N) is 2. The zero-order valence-corrected chi connectivity index (χ0v) is 17.3. The first-order valence-electron chi connectivity index (χ1n) is 10.5. The van der Waals surface area contributed by atoms with Crippen LogP contribution in [0.1, 0.15) is 21.6 Å². The Morgan fingerprint density at radius 1 is 0.938 bits per heavy atom.